The summed E-state index contributed by atoms with van der Waals surface area (Å²) in [5.74, 6) is 1.01. The Hall–Kier alpha value is -0.870. The van der Waals surface area contributed by atoms with Gasteiger partial charge in [0.1, 0.15) is 5.82 Å². The molecule has 1 unspecified atom stereocenters. The smallest absolute Gasteiger partial charge is 0.125 e. The van der Waals surface area contributed by atoms with Gasteiger partial charge in [-0.25, -0.2) is 4.98 Å². The Labute approximate surface area is 116 Å². The van der Waals surface area contributed by atoms with Crippen molar-refractivity contribution in [1.82, 2.24) is 14.9 Å². The molecular formula is C15H27N3O. The fourth-order valence-corrected chi connectivity index (χ4v) is 2.80. The number of aliphatic hydroxyl groups is 1. The van der Waals surface area contributed by atoms with Gasteiger partial charge in [-0.3, -0.25) is 0 Å². The maximum absolute atomic E-state index is 10.6. The Morgan fingerprint density at radius 2 is 2.00 bits per heavy atom. The topological polar surface area (TPSA) is 50.1 Å². The second-order valence-corrected chi connectivity index (χ2v) is 6.89. The second kappa shape index (κ2) is 5.25. The van der Waals surface area contributed by atoms with Gasteiger partial charge in [0.25, 0.3) is 0 Å². The molecule has 1 atom stereocenters. The molecule has 0 bridgehead atoms. The van der Waals surface area contributed by atoms with Crippen molar-refractivity contribution >= 4 is 0 Å². The van der Waals surface area contributed by atoms with E-state index in [9.17, 15) is 5.11 Å². The third kappa shape index (κ3) is 3.57. The highest BCUT2D eigenvalue weighted by Gasteiger charge is 2.36. The Kier molecular flexibility index (Phi) is 4.02. The molecule has 1 aromatic heterocycles. The van der Waals surface area contributed by atoms with Crippen LogP contribution in [-0.2, 0) is 7.05 Å². The summed E-state index contributed by atoms with van der Waals surface area (Å²) in [6, 6.07) is 0.166. The Balaban J connectivity index is 1.87. The lowest BCUT2D eigenvalue weighted by Crippen LogP contribution is -2.45. The van der Waals surface area contributed by atoms with Crippen LogP contribution in [0.25, 0.3) is 0 Å². The molecule has 1 saturated carbocycles. The molecule has 0 saturated heterocycles. The van der Waals surface area contributed by atoms with Crippen LogP contribution >= 0.6 is 0 Å². The van der Waals surface area contributed by atoms with Gasteiger partial charge in [-0.05, 0) is 38.0 Å². The summed E-state index contributed by atoms with van der Waals surface area (Å²) in [7, 11) is 2.00. The minimum Gasteiger partial charge on any atom is -0.389 e. The van der Waals surface area contributed by atoms with Crippen molar-refractivity contribution in [3.8, 4) is 0 Å². The maximum Gasteiger partial charge on any atom is 0.125 e. The Morgan fingerprint density at radius 3 is 2.53 bits per heavy atom. The van der Waals surface area contributed by atoms with Crippen LogP contribution in [0.5, 0.6) is 0 Å². The molecule has 0 amide bonds. The second-order valence-electron chi connectivity index (χ2n) is 6.89. The van der Waals surface area contributed by atoms with Gasteiger partial charge in [0.15, 0.2) is 0 Å². The van der Waals surface area contributed by atoms with E-state index in [-0.39, 0.29) is 6.04 Å². The minimum atomic E-state index is -0.547. The van der Waals surface area contributed by atoms with Gasteiger partial charge in [0, 0.05) is 26.0 Å². The zero-order valence-electron chi connectivity index (χ0n) is 12.6. The highest BCUT2D eigenvalue weighted by Crippen LogP contribution is 2.39. The zero-order chi connectivity index (χ0) is 14.1. The number of hydrogen-bond acceptors (Lipinski definition) is 3. The number of nitrogens with zero attached hydrogens (tertiary/aromatic N) is 2. The van der Waals surface area contributed by atoms with E-state index in [1.165, 1.54) is 0 Å². The van der Waals surface area contributed by atoms with Gasteiger partial charge in [-0.1, -0.05) is 13.8 Å². The SMILES string of the molecule is CC(NCC1(O)CCC(C)(C)CC1)c1nccn1C. The maximum atomic E-state index is 10.6. The molecule has 1 aromatic rings. The van der Waals surface area contributed by atoms with E-state index >= 15 is 0 Å². The molecule has 19 heavy (non-hydrogen) atoms. The third-order valence-electron chi connectivity index (χ3n) is 4.52. The number of rotatable bonds is 4. The summed E-state index contributed by atoms with van der Waals surface area (Å²) >= 11 is 0. The van der Waals surface area contributed by atoms with Crippen LogP contribution in [0.3, 0.4) is 0 Å². The molecule has 4 nitrogen and oxygen atoms in total. The lowest BCUT2D eigenvalue weighted by atomic mass is 9.71. The quantitative estimate of drug-likeness (QED) is 0.879. The minimum absolute atomic E-state index is 0.166. The van der Waals surface area contributed by atoms with Crippen LogP contribution in [-0.4, -0.2) is 26.8 Å². The lowest BCUT2D eigenvalue weighted by Gasteiger charge is -2.40. The van der Waals surface area contributed by atoms with Crippen LogP contribution < -0.4 is 5.32 Å². The van der Waals surface area contributed by atoms with Crippen LogP contribution in [0.2, 0.25) is 0 Å². The van der Waals surface area contributed by atoms with Crippen LogP contribution in [0.1, 0.15) is 58.3 Å². The van der Waals surface area contributed by atoms with Gasteiger partial charge < -0.3 is 15.0 Å². The van der Waals surface area contributed by atoms with Gasteiger partial charge in [0.2, 0.25) is 0 Å². The lowest BCUT2D eigenvalue weighted by molar-refractivity contribution is -0.0260. The number of nitrogens with one attached hydrogen (secondary N) is 1. The number of imidazole rings is 1. The van der Waals surface area contributed by atoms with Crippen molar-refractivity contribution in [3.63, 3.8) is 0 Å². The van der Waals surface area contributed by atoms with E-state index in [1.54, 1.807) is 0 Å². The number of aromatic nitrogens is 2. The summed E-state index contributed by atoms with van der Waals surface area (Å²) in [5, 5.41) is 14.1. The first-order valence-corrected chi connectivity index (χ1v) is 7.24. The highest BCUT2D eigenvalue weighted by molar-refractivity contribution is 4.98. The first kappa shape index (κ1) is 14.5. The average Bonchev–Trinajstić information content (AvgIpc) is 2.77. The van der Waals surface area contributed by atoms with E-state index in [1.807, 2.05) is 24.0 Å². The molecule has 2 rings (SSSR count). The molecule has 108 valence electrons. The monoisotopic (exact) mass is 265 g/mol. The molecule has 2 N–H and O–H groups in total. The van der Waals surface area contributed by atoms with Gasteiger partial charge in [-0.15, -0.1) is 0 Å². The van der Waals surface area contributed by atoms with E-state index < -0.39 is 5.60 Å². The fraction of sp³-hybridized carbons (Fsp3) is 0.800. The number of aryl methyl sites for hydroxylation is 1. The normalized spacial score (nSPS) is 23.2. The summed E-state index contributed by atoms with van der Waals surface area (Å²) in [6.07, 6.45) is 7.74. The van der Waals surface area contributed by atoms with E-state index in [0.29, 0.717) is 12.0 Å². The Morgan fingerprint density at radius 1 is 1.37 bits per heavy atom. The predicted molar refractivity (Wildman–Crippen MR) is 76.8 cm³/mol. The van der Waals surface area contributed by atoms with Crippen molar-refractivity contribution in [2.24, 2.45) is 12.5 Å². The van der Waals surface area contributed by atoms with E-state index in [2.05, 4.69) is 31.1 Å². The molecule has 0 radical (unpaired) electrons. The largest absolute Gasteiger partial charge is 0.389 e. The average molecular weight is 265 g/mol. The Bertz CT molecular complexity index is 415. The summed E-state index contributed by atoms with van der Waals surface area (Å²) in [4.78, 5) is 4.34. The van der Waals surface area contributed by atoms with Gasteiger partial charge in [-0.2, -0.15) is 0 Å². The summed E-state index contributed by atoms with van der Waals surface area (Å²) < 4.78 is 2.02. The van der Waals surface area contributed by atoms with Crippen molar-refractivity contribution in [2.45, 2.75) is 58.1 Å². The molecule has 1 fully saturated rings. The number of hydrogen-bond donors (Lipinski definition) is 2. The zero-order valence-corrected chi connectivity index (χ0v) is 12.6. The summed E-state index contributed by atoms with van der Waals surface area (Å²) in [6.45, 7) is 7.32. The molecular weight excluding hydrogens is 238 g/mol. The van der Waals surface area contributed by atoms with E-state index in [4.69, 9.17) is 0 Å². The molecule has 0 spiro atoms. The highest BCUT2D eigenvalue weighted by atomic mass is 16.3. The van der Waals surface area contributed by atoms with Crippen molar-refractivity contribution in [3.05, 3.63) is 18.2 Å². The van der Waals surface area contributed by atoms with Gasteiger partial charge >= 0.3 is 0 Å². The molecule has 1 aliphatic rings. The van der Waals surface area contributed by atoms with Crippen molar-refractivity contribution in [1.29, 1.82) is 0 Å². The van der Waals surface area contributed by atoms with Gasteiger partial charge in [0.05, 0.1) is 11.6 Å². The molecule has 1 aliphatic carbocycles. The first-order valence-electron chi connectivity index (χ1n) is 7.24. The van der Waals surface area contributed by atoms with Crippen LogP contribution in [0.4, 0.5) is 0 Å². The predicted octanol–water partition coefficient (Wildman–Crippen LogP) is 2.40. The molecule has 1 heterocycles. The van der Waals surface area contributed by atoms with Crippen molar-refractivity contribution < 1.29 is 5.11 Å². The first-order chi connectivity index (χ1) is 8.81. The molecule has 0 aromatic carbocycles. The molecule has 0 aliphatic heterocycles. The third-order valence-corrected chi connectivity index (χ3v) is 4.52. The summed E-state index contributed by atoms with van der Waals surface area (Å²) in [5.41, 5.74) is -0.160. The van der Waals surface area contributed by atoms with E-state index in [0.717, 1.165) is 31.5 Å². The van der Waals surface area contributed by atoms with Crippen molar-refractivity contribution in [2.75, 3.05) is 6.54 Å². The van der Waals surface area contributed by atoms with Crippen LogP contribution in [0.15, 0.2) is 12.4 Å². The fourth-order valence-electron chi connectivity index (χ4n) is 2.80. The standard InChI is InChI=1S/C15H27N3O/c1-12(13-16-9-10-18(13)4)17-11-15(19)7-5-14(2,3)6-8-15/h9-10,12,17,19H,5-8,11H2,1-4H3. The molecule has 4 heteroatoms. The van der Waals surface area contributed by atoms with Crippen LogP contribution in [0, 0.1) is 5.41 Å².